The van der Waals surface area contributed by atoms with E-state index in [1.54, 1.807) is 23.1 Å². The van der Waals surface area contributed by atoms with Crippen molar-refractivity contribution >= 4 is 29.0 Å². The molecule has 0 saturated carbocycles. The van der Waals surface area contributed by atoms with E-state index in [0.717, 1.165) is 21.8 Å². The average molecular weight is 352 g/mol. The van der Waals surface area contributed by atoms with Crippen molar-refractivity contribution < 1.29 is 4.79 Å². The highest BCUT2D eigenvalue weighted by Crippen LogP contribution is 2.40. The van der Waals surface area contributed by atoms with Gasteiger partial charge in [0.25, 0.3) is 0 Å². The van der Waals surface area contributed by atoms with E-state index in [4.69, 9.17) is 4.98 Å². The first-order chi connectivity index (χ1) is 11.8. The molecule has 0 radical (unpaired) electrons. The van der Waals surface area contributed by atoms with Gasteiger partial charge in [-0.15, -0.1) is 23.1 Å². The van der Waals surface area contributed by atoms with Crippen molar-refractivity contribution in [2.75, 3.05) is 5.75 Å². The molecule has 120 valence electrons. The van der Waals surface area contributed by atoms with Crippen molar-refractivity contribution in [3.8, 4) is 10.6 Å². The van der Waals surface area contributed by atoms with Gasteiger partial charge in [-0.2, -0.15) is 0 Å². The lowest BCUT2D eigenvalue weighted by Gasteiger charge is -2.22. The molecule has 1 amide bonds. The molecule has 1 aromatic heterocycles. The highest BCUT2D eigenvalue weighted by Gasteiger charge is 2.34. The Morgan fingerprint density at radius 1 is 1.04 bits per heavy atom. The van der Waals surface area contributed by atoms with E-state index in [1.165, 1.54) is 0 Å². The van der Waals surface area contributed by atoms with Gasteiger partial charge in [0.2, 0.25) is 5.91 Å². The molecule has 1 unspecified atom stereocenters. The van der Waals surface area contributed by atoms with Crippen molar-refractivity contribution in [2.45, 2.75) is 11.9 Å². The van der Waals surface area contributed by atoms with E-state index >= 15 is 0 Å². The Bertz CT molecular complexity index is 833. The SMILES string of the molecule is O=C1CSC(c2csc(-c3ccccc3)n2)N1Cc1ccccc1. The molecule has 4 rings (SSSR count). The third kappa shape index (κ3) is 3.09. The molecule has 0 spiro atoms. The summed E-state index contributed by atoms with van der Waals surface area (Å²) in [7, 11) is 0. The molecule has 1 fully saturated rings. The maximum atomic E-state index is 12.3. The predicted molar refractivity (Wildman–Crippen MR) is 99.7 cm³/mol. The third-order valence-electron chi connectivity index (χ3n) is 3.96. The summed E-state index contributed by atoms with van der Waals surface area (Å²) in [4.78, 5) is 19.0. The van der Waals surface area contributed by atoms with Crippen LogP contribution in [-0.2, 0) is 11.3 Å². The van der Waals surface area contributed by atoms with E-state index in [2.05, 4.69) is 29.6 Å². The molecule has 3 nitrogen and oxygen atoms in total. The number of rotatable bonds is 4. The van der Waals surface area contributed by atoms with Crippen LogP contribution in [0.2, 0.25) is 0 Å². The normalized spacial score (nSPS) is 17.4. The zero-order valence-corrected chi connectivity index (χ0v) is 14.6. The topological polar surface area (TPSA) is 33.2 Å². The minimum absolute atomic E-state index is 0.00594. The summed E-state index contributed by atoms with van der Waals surface area (Å²) in [6, 6.07) is 20.3. The van der Waals surface area contributed by atoms with E-state index in [9.17, 15) is 4.79 Å². The fourth-order valence-electron chi connectivity index (χ4n) is 2.76. The van der Waals surface area contributed by atoms with Gasteiger partial charge >= 0.3 is 0 Å². The third-order valence-corrected chi connectivity index (χ3v) is 6.09. The van der Waals surface area contributed by atoms with E-state index < -0.39 is 0 Å². The molecule has 1 aliphatic rings. The summed E-state index contributed by atoms with van der Waals surface area (Å²) in [6.45, 7) is 0.634. The number of benzene rings is 2. The van der Waals surface area contributed by atoms with Crippen molar-refractivity contribution in [3.05, 3.63) is 77.3 Å². The molecular weight excluding hydrogens is 336 g/mol. The number of aromatic nitrogens is 1. The molecule has 2 aromatic carbocycles. The Morgan fingerprint density at radius 2 is 1.75 bits per heavy atom. The lowest BCUT2D eigenvalue weighted by molar-refractivity contribution is -0.128. The Labute approximate surface area is 149 Å². The van der Waals surface area contributed by atoms with Crippen LogP contribution in [0.5, 0.6) is 0 Å². The van der Waals surface area contributed by atoms with Crippen LogP contribution >= 0.6 is 23.1 Å². The lowest BCUT2D eigenvalue weighted by Crippen LogP contribution is -2.27. The van der Waals surface area contributed by atoms with Crippen molar-refractivity contribution in [1.29, 1.82) is 0 Å². The summed E-state index contributed by atoms with van der Waals surface area (Å²) in [5.41, 5.74) is 3.25. The van der Waals surface area contributed by atoms with Crippen LogP contribution in [0.4, 0.5) is 0 Å². The second-order valence-electron chi connectivity index (χ2n) is 5.61. The van der Waals surface area contributed by atoms with Gasteiger partial charge in [0, 0.05) is 17.5 Å². The van der Waals surface area contributed by atoms with Crippen molar-refractivity contribution in [2.24, 2.45) is 0 Å². The van der Waals surface area contributed by atoms with E-state index in [1.807, 2.05) is 41.3 Å². The zero-order chi connectivity index (χ0) is 16.4. The fourth-order valence-corrected chi connectivity index (χ4v) is 4.82. The quantitative estimate of drug-likeness (QED) is 0.689. The Kier molecular flexibility index (Phi) is 4.36. The largest absolute Gasteiger partial charge is 0.320 e. The van der Waals surface area contributed by atoms with Crippen LogP contribution in [0, 0.1) is 0 Å². The predicted octanol–water partition coefficient (Wildman–Crippen LogP) is 4.58. The smallest absolute Gasteiger partial charge is 0.234 e. The van der Waals surface area contributed by atoms with Crippen LogP contribution in [0.3, 0.4) is 0 Å². The summed E-state index contributed by atoms with van der Waals surface area (Å²) in [5, 5.41) is 3.09. The summed E-state index contributed by atoms with van der Waals surface area (Å²) in [6.07, 6.45) is 0. The standard InChI is InChI=1S/C19H16N2OS2/c22-17-13-24-19(21(17)11-14-7-3-1-4-8-14)16-12-23-18(20-16)15-9-5-2-6-10-15/h1-10,12,19H,11,13H2. The first kappa shape index (κ1) is 15.4. The maximum Gasteiger partial charge on any atom is 0.234 e. The second kappa shape index (κ2) is 6.79. The molecule has 24 heavy (non-hydrogen) atoms. The fraction of sp³-hybridized carbons (Fsp3) is 0.158. The molecule has 0 aliphatic carbocycles. The molecule has 3 aromatic rings. The molecule has 1 aliphatic heterocycles. The molecule has 2 heterocycles. The minimum Gasteiger partial charge on any atom is -0.320 e. The Balaban J connectivity index is 1.59. The Hall–Kier alpha value is -2.11. The van der Waals surface area contributed by atoms with Gasteiger partial charge < -0.3 is 4.90 Å². The maximum absolute atomic E-state index is 12.3. The Morgan fingerprint density at radius 3 is 2.50 bits per heavy atom. The van der Waals surface area contributed by atoms with Gasteiger partial charge in [0.15, 0.2) is 0 Å². The van der Waals surface area contributed by atoms with Crippen LogP contribution in [0.25, 0.3) is 10.6 Å². The molecule has 0 bridgehead atoms. The van der Waals surface area contributed by atoms with Crippen LogP contribution < -0.4 is 0 Å². The van der Waals surface area contributed by atoms with Gasteiger partial charge in [-0.3, -0.25) is 4.79 Å². The van der Waals surface area contributed by atoms with Gasteiger partial charge in [0.1, 0.15) is 10.4 Å². The average Bonchev–Trinajstić information content (AvgIpc) is 3.25. The summed E-state index contributed by atoms with van der Waals surface area (Å²) in [5.74, 6) is 0.707. The number of thiazole rings is 1. The van der Waals surface area contributed by atoms with Gasteiger partial charge in [-0.25, -0.2) is 4.98 Å². The number of carbonyl (C=O) groups excluding carboxylic acids is 1. The van der Waals surface area contributed by atoms with Crippen LogP contribution in [0.1, 0.15) is 16.6 Å². The second-order valence-corrected chi connectivity index (χ2v) is 7.54. The molecule has 1 saturated heterocycles. The lowest BCUT2D eigenvalue weighted by atomic mass is 10.2. The van der Waals surface area contributed by atoms with Crippen LogP contribution in [-0.4, -0.2) is 21.5 Å². The van der Waals surface area contributed by atoms with Crippen LogP contribution in [0.15, 0.2) is 66.0 Å². The molecule has 5 heteroatoms. The van der Waals surface area contributed by atoms with E-state index in [-0.39, 0.29) is 11.3 Å². The number of hydrogen-bond acceptors (Lipinski definition) is 4. The molecule has 0 N–H and O–H groups in total. The van der Waals surface area contributed by atoms with Crippen molar-refractivity contribution in [1.82, 2.24) is 9.88 Å². The summed E-state index contributed by atoms with van der Waals surface area (Å²) < 4.78 is 0. The van der Waals surface area contributed by atoms with Gasteiger partial charge in [0.05, 0.1) is 11.4 Å². The first-order valence-electron chi connectivity index (χ1n) is 7.77. The number of hydrogen-bond donors (Lipinski definition) is 0. The number of nitrogens with zero attached hydrogens (tertiary/aromatic N) is 2. The van der Waals surface area contributed by atoms with E-state index in [0.29, 0.717) is 12.3 Å². The zero-order valence-electron chi connectivity index (χ0n) is 13.0. The van der Waals surface area contributed by atoms with Crippen molar-refractivity contribution in [3.63, 3.8) is 0 Å². The number of carbonyl (C=O) groups is 1. The minimum atomic E-state index is 0.00594. The molecule has 1 atom stereocenters. The monoisotopic (exact) mass is 352 g/mol. The first-order valence-corrected chi connectivity index (χ1v) is 9.70. The highest BCUT2D eigenvalue weighted by molar-refractivity contribution is 8.00. The molecular formula is C19H16N2OS2. The number of amides is 1. The van der Waals surface area contributed by atoms with Gasteiger partial charge in [-0.05, 0) is 5.56 Å². The van der Waals surface area contributed by atoms with Gasteiger partial charge in [-0.1, -0.05) is 60.7 Å². The number of thioether (sulfide) groups is 1. The summed E-state index contributed by atoms with van der Waals surface area (Å²) >= 11 is 3.30. The highest BCUT2D eigenvalue weighted by atomic mass is 32.2.